The summed E-state index contributed by atoms with van der Waals surface area (Å²) in [6.07, 6.45) is 1.94. The molecule has 1 aromatic heterocycles. The molecule has 1 aliphatic rings. The van der Waals surface area contributed by atoms with Crippen LogP contribution < -0.4 is 24.4 Å². The third-order valence-electron chi connectivity index (χ3n) is 6.37. The molecule has 8 nitrogen and oxygen atoms in total. The zero-order valence-corrected chi connectivity index (χ0v) is 20.5. The van der Waals surface area contributed by atoms with Crippen molar-refractivity contribution in [2.75, 3.05) is 59.0 Å². The molecule has 0 radical (unpaired) electrons. The Morgan fingerprint density at radius 1 is 0.943 bits per heavy atom. The second kappa shape index (κ2) is 11.7. The average molecular weight is 480 g/mol. The zero-order valence-electron chi connectivity index (χ0n) is 20.5. The maximum absolute atomic E-state index is 12.8. The number of piperazine rings is 1. The first-order valence-electron chi connectivity index (χ1n) is 11.8. The van der Waals surface area contributed by atoms with Gasteiger partial charge in [-0.15, -0.1) is 0 Å². The maximum Gasteiger partial charge on any atom is 0.224 e. The molecule has 2 aromatic carbocycles. The van der Waals surface area contributed by atoms with Crippen molar-refractivity contribution in [2.24, 2.45) is 0 Å². The lowest BCUT2D eigenvalue weighted by Gasteiger charge is -2.39. The first kappa shape index (κ1) is 24.5. The molecule has 1 unspecified atom stereocenters. The van der Waals surface area contributed by atoms with E-state index in [4.69, 9.17) is 18.6 Å². The minimum Gasteiger partial charge on any atom is -0.497 e. The number of rotatable bonds is 10. The van der Waals surface area contributed by atoms with E-state index in [-0.39, 0.29) is 18.4 Å². The SMILES string of the molecule is COc1ccc(N2CCN(C(CNC(=O)Cc3ccc(OC)c(OC)c3)c3ccco3)CC2)cc1. The number of carbonyl (C=O) groups is 1. The largest absolute Gasteiger partial charge is 0.497 e. The lowest BCUT2D eigenvalue weighted by molar-refractivity contribution is -0.120. The number of ether oxygens (including phenoxy) is 3. The van der Waals surface area contributed by atoms with Crippen LogP contribution in [0.2, 0.25) is 0 Å². The molecule has 0 saturated carbocycles. The van der Waals surface area contributed by atoms with Gasteiger partial charge in [0.1, 0.15) is 11.5 Å². The standard InChI is InChI=1S/C27H33N3O5/c1-32-22-9-7-21(8-10-22)29-12-14-30(15-13-29)23(24-5-4-16-35-24)19-28-27(31)18-20-6-11-25(33-2)26(17-20)34-3/h4-11,16-17,23H,12-15,18-19H2,1-3H3,(H,28,31). The molecule has 0 spiro atoms. The molecule has 0 bridgehead atoms. The van der Waals surface area contributed by atoms with Gasteiger partial charge in [0, 0.05) is 38.4 Å². The summed E-state index contributed by atoms with van der Waals surface area (Å²) in [5.41, 5.74) is 2.05. The van der Waals surface area contributed by atoms with Gasteiger partial charge in [-0.1, -0.05) is 6.07 Å². The van der Waals surface area contributed by atoms with Crippen molar-refractivity contribution in [3.63, 3.8) is 0 Å². The molecule has 8 heteroatoms. The average Bonchev–Trinajstić information content (AvgIpc) is 3.44. The predicted octanol–water partition coefficient (Wildman–Crippen LogP) is 3.53. The van der Waals surface area contributed by atoms with Gasteiger partial charge in [-0.05, 0) is 54.1 Å². The molecule has 35 heavy (non-hydrogen) atoms. The molecule has 1 saturated heterocycles. The second-order valence-electron chi connectivity index (χ2n) is 8.42. The Bertz CT molecular complexity index is 1080. The Hall–Kier alpha value is -3.65. The fourth-order valence-corrected chi connectivity index (χ4v) is 4.42. The fourth-order valence-electron chi connectivity index (χ4n) is 4.42. The summed E-state index contributed by atoms with van der Waals surface area (Å²) < 4.78 is 21.6. The summed E-state index contributed by atoms with van der Waals surface area (Å²) >= 11 is 0. The Morgan fingerprint density at radius 3 is 2.31 bits per heavy atom. The van der Waals surface area contributed by atoms with Crippen LogP contribution in [0, 0.1) is 0 Å². The van der Waals surface area contributed by atoms with Crippen LogP contribution in [-0.2, 0) is 11.2 Å². The van der Waals surface area contributed by atoms with E-state index in [0.717, 1.165) is 43.3 Å². The third-order valence-corrected chi connectivity index (χ3v) is 6.37. The molecule has 1 atom stereocenters. The van der Waals surface area contributed by atoms with Crippen LogP contribution in [0.4, 0.5) is 5.69 Å². The fraction of sp³-hybridized carbons (Fsp3) is 0.370. The van der Waals surface area contributed by atoms with Gasteiger partial charge < -0.3 is 28.8 Å². The number of methoxy groups -OCH3 is 3. The summed E-state index contributed by atoms with van der Waals surface area (Å²) in [6.45, 7) is 3.99. The smallest absolute Gasteiger partial charge is 0.224 e. The van der Waals surface area contributed by atoms with E-state index in [1.54, 1.807) is 27.6 Å². The lowest BCUT2D eigenvalue weighted by Crippen LogP contribution is -2.50. The van der Waals surface area contributed by atoms with Crippen molar-refractivity contribution in [2.45, 2.75) is 12.5 Å². The zero-order chi connectivity index (χ0) is 24.6. The van der Waals surface area contributed by atoms with E-state index >= 15 is 0 Å². The molecule has 1 amide bonds. The molecule has 2 heterocycles. The molecule has 4 rings (SSSR count). The molecule has 186 valence electrons. The van der Waals surface area contributed by atoms with Gasteiger partial charge in [0.2, 0.25) is 5.91 Å². The first-order chi connectivity index (χ1) is 17.1. The molecule has 1 fully saturated rings. The Morgan fingerprint density at radius 2 is 1.69 bits per heavy atom. The van der Waals surface area contributed by atoms with E-state index in [1.165, 1.54) is 5.69 Å². The minimum absolute atomic E-state index is 0.0302. The highest BCUT2D eigenvalue weighted by molar-refractivity contribution is 5.78. The minimum atomic E-state index is -0.0503. The van der Waals surface area contributed by atoms with Gasteiger partial charge in [0.25, 0.3) is 0 Å². The van der Waals surface area contributed by atoms with Gasteiger partial charge in [0.15, 0.2) is 11.5 Å². The number of benzene rings is 2. The van der Waals surface area contributed by atoms with Crippen LogP contribution in [0.3, 0.4) is 0 Å². The number of anilines is 1. The van der Waals surface area contributed by atoms with Crippen LogP contribution in [0.1, 0.15) is 17.4 Å². The number of nitrogens with one attached hydrogen (secondary N) is 1. The highest BCUT2D eigenvalue weighted by Crippen LogP contribution is 2.28. The monoisotopic (exact) mass is 479 g/mol. The van der Waals surface area contributed by atoms with Gasteiger partial charge in [-0.3, -0.25) is 9.69 Å². The Kier molecular flexibility index (Phi) is 8.15. The number of hydrogen-bond donors (Lipinski definition) is 1. The van der Waals surface area contributed by atoms with Crippen molar-refractivity contribution in [1.82, 2.24) is 10.2 Å². The van der Waals surface area contributed by atoms with Crippen LogP contribution in [0.5, 0.6) is 17.2 Å². The quantitative estimate of drug-likeness (QED) is 0.477. The summed E-state index contributed by atoms with van der Waals surface area (Å²) in [7, 11) is 4.86. The summed E-state index contributed by atoms with van der Waals surface area (Å²) in [5.74, 6) is 2.92. The summed E-state index contributed by atoms with van der Waals surface area (Å²) in [5, 5.41) is 3.10. The van der Waals surface area contributed by atoms with E-state index in [9.17, 15) is 4.79 Å². The van der Waals surface area contributed by atoms with E-state index < -0.39 is 0 Å². The van der Waals surface area contributed by atoms with Crippen molar-refractivity contribution in [1.29, 1.82) is 0 Å². The van der Waals surface area contributed by atoms with Crippen LogP contribution in [0.15, 0.2) is 65.3 Å². The van der Waals surface area contributed by atoms with E-state index in [0.29, 0.717) is 18.0 Å². The van der Waals surface area contributed by atoms with Gasteiger partial charge >= 0.3 is 0 Å². The molecular weight excluding hydrogens is 446 g/mol. The Labute approximate surface area is 206 Å². The predicted molar refractivity (Wildman–Crippen MR) is 134 cm³/mol. The highest BCUT2D eigenvalue weighted by atomic mass is 16.5. The number of carbonyl (C=O) groups excluding carboxylic acids is 1. The van der Waals surface area contributed by atoms with Crippen LogP contribution in [0.25, 0.3) is 0 Å². The van der Waals surface area contributed by atoms with Crippen molar-refractivity contribution >= 4 is 11.6 Å². The number of nitrogens with zero attached hydrogens (tertiary/aromatic N) is 2. The highest BCUT2D eigenvalue weighted by Gasteiger charge is 2.27. The van der Waals surface area contributed by atoms with E-state index in [1.807, 2.05) is 42.5 Å². The van der Waals surface area contributed by atoms with Crippen molar-refractivity contribution in [3.8, 4) is 17.2 Å². The first-order valence-corrected chi connectivity index (χ1v) is 11.8. The maximum atomic E-state index is 12.8. The van der Waals surface area contributed by atoms with Gasteiger partial charge in [-0.2, -0.15) is 0 Å². The molecule has 1 aliphatic heterocycles. The summed E-state index contributed by atoms with van der Waals surface area (Å²) in [6, 6.07) is 17.5. The van der Waals surface area contributed by atoms with Crippen LogP contribution in [-0.4, -0.2) is 64.9 Å². The number of amides is 1. The molecule has 0 aliphatic carbocycles. The van der Waals surface area contributed by atoms with Gasteiger partial charge in [0.05, 0.1) is 40.1 Å². The summed E-state index contributed by atoms with van der Waals surface area (Å²) in [4.78, 5) is 17.5. The lowest BCUT2D eigenvalue weighted by atomic mass is 10.1. The van der Waals surface area contributed by atoms with Crippen LogP contribution >= 0.6 is 0 Å². The molecular formula is C27H33N3O5. The van der Waals surface area contributed by atoms with Gasteiger partial charge in [-0.25, -0.2) is 0 Å². The second-order valence-corrected chi connectivity index (χ2v) is 8.42. The van der Waals surface area contributed by atoms with Crippen molar-refractivity contribution in [3.05, 3.63) is 72.2 Å². The normalized spacial score (nSPS) is 14.9. The topological polar surface area (TPSA) is 76.4 Å². The number of furan rings is 1. The Balaban J connectivity index is 1.35. The number of hydrogen-bond acceptors (Lipinski definition) is 7. The van der Waals surface area contributed by atoms with Crippen molar-refractivity contribution < 1.29 is 23.4 Å². The van der Waals surface area contributed by atoms with E-state index in [2.05, 4.69) is 27.2 Å². The third kappa shape index (κ3) is 6.08. The molecule has 3 aromatic rings. The molecule has 1 N–H and O–H groups in total.